The van der Waals surface area contributed by atoms with E-state index < -0.39 is 8.07 Å². The molecule has 0 saturated heterocycles. The Hall–Kier alpha value is -10.2. The van der Waals surface area contributed by atoms with Crippen molar-refractivity contribution in [3.05, 3.63) is 266 Å². The van der Waals surface area contributed by atoms with Gasteiger partial charge >= 0.3 is 0 Å². The predicted octanol–water partition coefficient (Wildman–Crippen LogP) is 15.8. The molecule has 0 radical (unpaired) electrons. The van der Waals surface area contributed by atoms with Gasteiger partial charge in [0.15, 0.2) is 5.82 Å². The topological polar surface area (TPSA) is 77.8 Å². The van der Waals surface area contributed by atoms with Gasteiger partial charge in [0.05, 0.1) is 27.6 Å². The number of pyridine rings is 1. The molecular formula is C76H57N7OSi. The van der Waals surface area contributed by atoms with Crippen LogP contribution in [0.15, 0.2) is 265 Å². The number of para-hydroxylation sites is 6. The van der Waals surface area contributed by atoms with Crippen molar-refractivity contribution in [1.29, 1.82) is 0 Å². The molecule has 1 saturated carbocycles. The highest BCUT2D eigenvalue weighted by atomic mass is 28.3. The minimum Gasteiger partial charge on any atom is -0.455 e. The monoisotopic (exact) mass is 1110 g/mol. The van der Waals surface area contributed by atoms with Gasteiger partial charge in [0.1, 0.15) is 16.9 Å². The fourth-order valence-corrected chi connectivity index (χ4v) is 19.9. The Balaban J connectivity index is 0.934. The number of benzene rings is 10. The standard InChI is InChI=1S/C76H57N7OSi/c1-75-47-20-21-48-76(75,2)83(65-42-18-15-38-61(65)75)74-79-72(78-73(80-74)82-64-41-17-13-35-60(64)69-66(82)46-45-58-56-33-12-16-40-63(56)81(70(58)69)51-26-6-3-7-27-51)62-39-24-44-68(77-62)85(52-28-8-4-9-29-52,53-30-10-5-11-31-53)54-32-22-25-50(49-54)55-36-23-37-59-57-34-14-19-43-67(57)84-71(55)59/h3-19,22-46,49H,20-21,47-48H2,1-2H3. The average molecular weight is 1110 g/mol. The first-order valence-corrected chi connectivity index (χ1v) is 31.7. The fraction of sp³-hybridized carbons (Fsp3) is 0.105. The van der Waals surface area contributed by atoms with E-state index in [9.17, 15) is 0 Å². The summed E-state index contributed by atoms with van der Waals surface area (Å²) in [5.41, 5.74) is 12.0. The molecule has 0 N–H and O–H groups in total. The lowest BCUT2D eigenvalue weighted by molar-refractivity contribution is 0.193. The second-order valence-electron chi connectivity index (χ2n) is 23.6. The van der Waals surface area contributed by atoms with Crippen molar-refractivity contribution in [2.45, 2.75) is 50.5 Å². The third-order valence-electron chi connectivity index (χ3n) is 19.3. The van der Waals surface area contributed by atoms with Gasteiger partial charge in [0.25, 0.3) is 0 Å². The normalized spacial score (nSPS) is 16.9. The van der Waals surface area contributed by atoms with Gasteiger partial charge < -0.3 is 13.9 Å². The summed E-state index contributed by atoms with van der Waals surface area (Å²) in [6, 6.07) is 94.3. The Morgan fingerprint density at radius 1 is 0.447 bits per heavy atom. The summed E-state index contributed by atoms with van der Waals surface area (Å²) in [4.78, 5) is 25.7. The van der Waals surface area contributed by atoms with E-state index in [2.05, 4.69) is 283 Å². The van der Waals surface area contributed by atoms with Crippen molar-refractivity contribution in [3.63, 3.8) is 0 Å². The van der Waals surface area contributed by atoms with Crippen LogP contribution in [-0.2, 0) is 5.41 Å². The molecule has 85 heavy (non-hydrogen) atoms. The molecule has 1 aliphatic carbocycles. The third kappa shape index (κ3) is 7.14. The highest BCUT2D eigenvalue weighted by molar-refractivity contribution is 7.19. The maximum absolute atomic E-state index is 6.70. The number of hydrogen-bond donors (Lipinski definition) is 0. The number of rotatable bonds is 9. The van der Waals surface area contributed by atoms with Crippen LogP contribution in [0.25, 0.3) is 99.8 Å². The molecular weight excluding hydrogens is 1050 g/mol. The van der Waals surface area contributed by atoms with Gasteiger partial charge in [-0.05, 0) is 101 Å². The minimum atomic E-state index is -3.30. The number of nitrogens with zero attached hydrogens (tertiary/aromatic N) is 7. The van der Waals surface area contributed by atoms with Crippen molar-refractivity contribution < 1.29 is 4.42 Å². The van der Waals surface area contributed by atoms with Gasteiger partial charge in [-0.3, -0.25) is 9.55 Å². The Bertz CT molecular complexity index is 5110. The quantitative estimate of drug-likeness (QED) is 0.106. The molecule has 406 valence electrons. The molecule has 9 heteroatoms. The van der Waals surface area contributed by atoms with E-state index in [0.717, 1.165) is 102 Å². The molecule has 2 aliphatic rings. The number of furan rings is 1. The van der Waals surface area contributed by atoms with Crippen LogP contribution >= 0.6 is 0 Å². The SMILES string of the molecule is CC12CCCCC1(C)N(c1nc(-c3cccc([Si](c4ccccc4)(c4ccccc4)c4cccc(-c5cccc6c5oc5ccccc56)c4)n3)nc(-n3c4ccccc4c4c3ccc3c5ccccc5n(-c5ccccc5)c34)n1)c1ccccc12. The van der Waals surface area contributed by atoms with E-state index in [0.29, 0.717) is 23.4 Å². The summed E-state index contributed by atoms with van der Waals surface area (Å²) in [5.74, 6) is 1.65. The number of fused-ring (bicyclic) bond motifs is 13. The molecule has 6 heterocycles. The summed E-state index contributed by atoms with van der Waals surface area (Å²) < 4.78 is 11.4. The second kappa shape index (κ2) is 18.9. The first-order chi connectivity index (χ1) is 41.9. The number of aromatic nitrogens is 6. The second-order valence-corrected chi connectivity index (χ2v) is 27.3. The summed E-state index contributed by atoms with van der Waals surface area (Å²) in [6.45, 7) is 4.91. The maximum Gasteiger partial charge on any atom is 0.240 e. The van der Waals surface area contributed by atoms with Gasteiger partial charge in [-0.2, -0.15) is 15.0 Å². The Morgan fingerprint density at radius 2 is 1.07 bits per heavy atom. The van der Waals surface area contributed by atoms with E-state index in [-0.39, 0.29) is 11.0 Å². The van der Waals surface area contributed by atoms with E-state index in [1.807, 2.05) is 6.07 Å². The summed E-state index contributed by atoms with van der Waals surface area (Å²) in [7, 11) is -3.30. The van der Waals surface area contributed by atoms with Crippen LogP contribution in [0.5, 0.6) is 0 Å². The van der Waals surface area contributed by atoms with Crippen LogP contribution < -0.4 is 25.8 Å². The van der Waals surface area contributed by atoms with Crippen LogP contribution in [0.2, 0.25) is 0 Å². The van der Waals surface area contributed by atoms with Crippen LogP contribution in [0, 0.1) is 0 Å². The highest BCUT2D eigenvalue weighted by Crippen LogP contribution is 2.60. The molecule has 0 bridgehead atoms. The Kier molecular flexibility index (Phi) is 11.0. The molecule has 1 aliphatic heterocycles. The van der Waals surface area contributed by atoms with E-state index in [1.165, 1.54) is 38.3 Å². The van der Waals surface area contributed by atoms with E-state index in [1.54, 1.807) is 0 Å². The summed E-state index contributed by atoms with van der Waals surface area (Å²) in [5, 5.41) is 11.4. The Morgan fingerprint density at radius 3 is 1.87 bits per heavy atom. The number of hydrogen-bond acceptors (Lipinski definition) is 6. The molecule has 10 aromatic carbocycles. The van der Waals surface area contributed by atoms with Crippen molar-refractivity contribution in [3.8, 4) is 34.3 Å². The average Bonchev–Trinajstić information content (AvgIpc) is 2.51. The fourth-order valence-electron chi connectivity index (χ4n) is 15.2. The zero-order valence-electron chi connectivity index (χ0n) is 47.2. The van der Waals surface area contributed by atoms with Gasteiger partial charge in [-0.1, -0.05) is 226 Å². The van der Waals surface area contributed by atoms with Gasteiger partial charge in [0, 0.05) is 60.0 Å². The minimum absolute atomic E-state index is 0.142. The van der Waals surface area contributed by atoms with E-state index >= 15 is 0 Å². The van der Waals surface area contributed by atoms with Crippen molar-refractivity contribution in [1.82, 2.24) is 29.1 Å². The molecule has 2 unspecified atom stereocenters. The lowest BCUT2D eigenvalue weighted by atomic mass is 9.61. The van der Waals surface area contributed by atoms with Crippen LogP contribution in [-0.4, -0.2) is 42.7 Å². The van der Waals surface area contributed by atoms with Crippen molar-refractivity contribution >= 4 is 106 Å². The third-order valence-corrected chi connectivity index (χ3v) is 23.9. The van der Waals surface area contributed by atoms with Crippen molar-refractivity contribution in [2.24, 2.45) is 0 Å². The summed E-state index contributed by atoms with van der Waals surface area (Å²) >= 11 is 0. The van der Waals surface area contributed by atoms with Crippen LogP contribution in [0.3, 0.4) is 0 Å². The van der Waals surface area contributed by atoms with E-state index in [4.69, 9.17) is 24.4 Å². The predicted molar refractivity (Wildman–Crippen MR) is 351 cm³/mol. The van der Waals surface area contributed by atoms with Gasteiger partial charge in [-0.15, -0.1) is 0 Å². The number of anilines is 2. The molecule has 0 amide bonds. The summed E-state index contributed by atoms with van der Waals surface area (Å²) in [6.07, 6.45) is 4.35. The zero-order chi connectivity index (χ0) is 56.4. The molecule has 17 rings (SSSR count). The largest absolute Gasteiger partial charge is 0.455 e. The van der Waals surface area contributed by atoms with Gasteiger partial charge in [0.2, 0.25) is 20.0 Å². The molecule has 1 fully saturated rings. The highest BCUT2D eigenvalue weighted by Gasteiger charge is 2.58. The van der Waals surface area contributed by atoms with Gasteiger partial charge in [-0.25, -0.2) is 0 Å². The zero-order valence-corrected chi connectivity index (χ0v) is 48.2. The van der Waals surface area contributed by atoms with Crippen molar-refractivity contribution in [2.75, 3.05) is 4.90 Å². The molecule has 5 aromatic heterocycles. The first kappa shape index (κ1) is 49.4. The van der Waals surface area contributed by atoms with Crippen LogP contribution in [0.1, 0.15) is 45.1 Å². The maximum atomic E-state index is 6.70. The first-order valence-electron chi connectivity index (χ1n) is 29.7. The Labute approximate surface area is 493 Å². The molecule has 0 spiro atoms. The lowest BCUT2D eigenvalue weighted by Crippen LogP contribution is -2.75. The van der Waals surface area contributed by atoms with Crippen LogP contribution in [0.4, 0.5) is 11.6 Å². The molecule has 15 aromatic rings. The molecule has 8 nitrogen and oxygen atoms in total. The lowest BCUT2D eigenvalue weighted by Gasteiger charge is -2.49. The smallest absolute Gasteiger partial charge is 0.240 e. The molecule has 2 atom stereocenters.